The highest BCUT2D eigenvalue weighted by molar-refractivity contribution is 5.28. The predicted octanol–water partition coefficient (Wildman–Crippen LogP) is 3.44. The maximum absolute atomic E-state index is 5.27. The second-order valence-corrected chi connectivity index (χ2v) is 6.23. The lowest BCUT2D eigenvalue weighted by atomic mass is 10.1. The van der Waals surface area contributed by atoms with Crippen molar-refractivity contribution in [3.63, 3.8) is 0 Å². The summed E-state index contributed by atoms with van der Waals surface area (Å²) in [6.07, 6.45) is 8.12. The Morgan fingerprint density at radius 2 is 2.00 bits per heavy atom. The average molecular weight is 290 g/mol. The van der Waals surface area contributed by atoms with Gasteiger partial charge in [-0.2, -0.15) is 0 Å². The molecule has 1 saturated carbocycles. The van der Waals surface area contributed by atoms with E-state index >= 15 is 0 Å². The molecule has 1 aliphatic rings. The Kier molecular flexibility index (Phi) is 7.04. The van der Waals surface area contributed by atoms with Crippen molar-refractivity contribution in [1.29, 1.82) is 0 Å². The maximum Gasteiger partial charge on any atom is 0.119 e. The van der Waals surface area contributed by atoms with Crippen molar-refractivity contribution < 1.29 is 4.74 Å². The lowest BCUT2D eigenvalue weighted by Crippen LogP contribution is -2.19. The van der Waals surface area contributed by atoms with Gasteiger partial charge < -0.3 is 15.0 Å². The fraction of sp³-hybridized carbons (Fsp3) is 0.667. The van der Waals surface area contributed by atoms with Gasteiger partial charge in [0.1, 0.15) is 5.75 Å². The first-order chi connectivity index (χ1) is 10.3. The van der Waals surface area contributed by atoms with E-state index in [9.17, 15) is 0 Å². The molecule has 3 heteroatoms. The fourth-order valence-corrected chi connectivity index (χ4v) is 2.62. The molecule has 0 aromatic heterocycles. The van der Waals surface area contributed by atoms with E-state index in [4.69, 9.17) is 4.74 Å². The van der Waals surface area contributed by atoms with Gasteiger partial charge in [0.25, 0.3) is 0 Å². The topological polar surface area (TPSA) is 24.5 Å². The molecule has 1 aromatic carbocycles. The minimum absolute atomic E-state index is 0.860. The number of rotatable bonds is 11. The zero-order chi connectivity index (χ0) is 14.9. The Bertz CT molecular complexity index is 404. The quantitative estimate of drug-likeness (QED) is 0.632. The first-order valence-electron chi connectivity index (χ1n) is 8.33. The molecule has 1 N–H and O–H groups in total. The van der Waals surface area contributed by atoms with E-state index in [2.05, 4.69) is 35.5 Å². The van der Waals surface area contributed by atoms with Crippen LogP contribution in [0.2, 0.25) is 0 Å². The van der Waals surface area contributed by atoms with E-state index in [1.807, 2.05) is 6.07 Å². The van der Waals surface area contributed by atoms with Gasteiger partial charge in [0.05, 0.1) is 7.11 Å². The molecule has 0 aliphatic heterocycles. The normalized spacial score (nSPS) is 14.6. The van der Waals surface area contributed by atoms with Crippen LogP contribution in [-0.4, -0.2) is 38.2 Å². The smallest absolute Gasteiger partial charge is 0.119 e. The van der Waals surface area contributed by atoms with Crippen LogP contribution in [0.15, 0.2) is 24.3 Å². The van der Waals surface area contributed by atoms with Gasteiger partial charge in [-0.25, -0.2) is 0 Å². The van der Waals surface area contributed by atoms with E-state index in [-0.39, 0.29) is 0 Å². The third-order valence-electron chi connectivity index (χ3n) is 4.06. The van der Waals surface area contributed by atoms with Crippen molar-refractivity contribution in [1.82, 2.24) is 10.2 Å². The number of nitrogens with one attached hydrogen (secondary N) is 1. The van der Waals surface area contributed by atoms with Crippen LogP contribution < -0.4 is 10.1 Å². The summed E-state index contributed by atoms with van der Waals surface area (Å²) in [6.45, 7) is 3.39. The molecule has 0 saturated heterocycles. The molecule has 0 spiro atoms. The molecule has 0 amide bonds. The van der Waals surface area contributed by atoms with Crippen LogP contribution in [0.25, 0.3) is 0 Å². The summed E-state index contributed by atoms with van der Waals surface area (Å²) in [5, 5.41) is 3.58. The lowest BCUT2D eigenvalue weighted by molar-refractivity contribution is 0.315. The summed E-state index contributed by atoms with van der Waals surface area (Å²) in [4.78, 5) is 2.40. The Morgan fingerprint density at radius 1 is 1.19 bits per heavy atom. The zero-order valence-electron chi connectivity index (χ0n) is 13.6. The number of ether oxygens (including phenoxy) is 1. The summed E-state index contributed by atoms with van der Waals surface area (Å²) in [5.41, 5.74) is 1.32. The minimum atomic E-state index is 0.860. The number of nitrogens with zero attached hydrogens (tertiary/aromatic N) is 1. The first kappa shape index (κ1) is 16.3. The second-order valence-electron chi connectivity index (χ2n) is 6.23. The SMILES string of the molecule is COc1cccc(CN(C)CCCCCCNC2CC2)c1. The van der Waals surface area contributed by atoms with Crippen LogP contribution in [0, 0.1) is 0 Å². The maximum atomic E-state index is 5.27. The van der Waals surface area contributed by atoms with Gasteiger partial charge in [0.15, 0.2) is 0 Å². The van der Waals surface area contributed by atoms with Crippen LogP contribution in [0.4, 0.5) is 0 Å². The van der Waals surface area contributed by atoms with Gasteiger partial charge >= 0.3 is 0 Å². The summed E-state index contributed by atoms with van der Waals surface area (Å²) < 4.78 is 5.27. The second kappa shape index (κ2) is 9.06. The van der Waals surface area contributed by atoms with Crippen molar-refractivity contribution in [2.75, 3.05) is 27.2 Å². The number of unbranched alkanes of at least 4 members (excludes halogenated alkanes) is 3. The molecule has 0 radical (unpaired) electrons. The molecule has 1 fully saturated rings. The highest BCUT2D eigenvalue weighted by Crippen LogP contribution is 2.18. The summed E-state index contributed by atoms with van der Waals surface area (Å²) in [5.74, 6) is 0.948. The van der Waals surface area contributed by atoms with Crippen LogP contribution >= 0.6 is 0 Å². The standard InChI is InChI=1S/C18H30N2O/c1-20(15-16-8-7-9-18(14-16)21-2)13-6-4-3-5-12-19-17-10-11-17/h7-9,14,17,19H,3-6,10-13,15H2,1-2H3. The number of methoxy groups -OCH3 is 1. The van der Waals surface area contributed by atoms with E-state index in [1.54, 1.807) is 7.11 Å². The molecule has 1 aliphatic carbocycles. The van der Waals surface area contributed by atoms with Crippen LogP contribution in [0.1, 0.15) is 44.1 Å². The molecule has 118 valence electrons. The molecular weight excluding hydrogens is 260 g/mol. The van der Waals surface area contributed by atoms with Crippen LogP contribution in [0.3, 0.4) is 0 Å². The van der Waals surface area contributed by atoms with Gasteiger partial charge in [-0.05, 0) is 63.5 Å². The monoisotopic (exact) mass is 290 g/mol. The van der Waals surface area contributed by atoms with Gasteiger partial charge in [-0.3, -0.25) is 0 Å². The fourth-order valence-electron chi connectivity index (χ4n) is 2.62. The van der Waals surface area contributed by atoms with Gasteiger partial charge in [0, 0.05) is 12.6 Å². The average Bonchev–Trinajstić information content (AvgIpc) is 3.30. The van der Waals surface area contributed by atoms with Crippen molar-refractivity contribution in [3.05, 3.63) is 29.8 Å². The number of hydrogen-bond donors (Lipinski definition) is 1. The van der Waals surface area contributed by atoms with Gasteiger partial charge in [-0.15, -0.1) is 0 Å². The Hall–Kier alpha value is -1.06. The van der Waals surface area contributed by atoms with E-state index < -0.39 is 0 Å². The summed E-state index contributed by atoms with van der Waals surface area (Å²) in [7, 11) is 3.93. The molecule has 1 aromatic rings. The molecule has 3 nitrogen and oxygen atoms in total. The van der Waals surface area contributed by atoms with Crippen molar-refractivity contribution >= 4 is 0 Å². The van der Waals surface area contributed by atoms with Gasteiger partial charge in [0.2, 0.25) is 0 Å². The largest absolute Gasteiger partial charge is 0.497 e. The Morgan fingerprint density at radius 3 is 2.76 bits per heavy atom. The molecule has 0 atom stereocenters. The highest BCUT2D eigenvalue weighted by Gasteiger charge is 2.19. The predicted molar refractivity (Wildman–Crippen MR) is 88.8 cm³/mol. The Labute approximate surface area is 129 Å². The molecule has 0 heterocycles. The lowest BCUT2D eigenvalue weighted by Gasteiger charge is -2.17. The Balaban J connectivity index is 1.51. The third kappa shape index (κ3) is 6.96. The summed E-state index contributed by atoms with van der Waals surface area (Å²) >= 11 is 0. The van der Waals surface area contributed by atoms with Crippen LogP contribution in [-0.2, 0) is 6.54 Å². The van der Waals surface area contributed by atoms with E-state index in [0.717, 1.165) is 18.3 Å². The molecule has 0 bridgehead atoms. The zero-order valence-corrected chi connectivity index (χ0v) is 13.6. The van der Waals surface area contributed by atoms with Gasteiger partial charge in [-0.1, -0.05) is 25.0 Å². The number of hydrogen-bond acceptors (Lipinski definition) is 3. The highest BCUT2D eigenvalue weighted by atomic mass is 16.5. The van der Waals surface area contributed by atoms with Crippen molar-refractivity contribution in [2.45, 2.75) is 51.1 Å². The molecule has 0 unspecified atom stereocenters. The number of benzene rings is 1. The molecular formula is C18H30N2O. The summed E-state index contributed by atoms with van der Waals surface area (Å²) in [6, 6.07) is 9.22. The van der Waals surface area contributed by atoms with E-state index in [1.165, 1.54) is 57.2 Å². The first-order valence-corrected chi connectivity index (χ1v) is 8.33. The minimum Gasteiger partial charge on any atom is -0.497 e. The van der Waals surface area contributed by atoms with Crippen molar-refractivity contribution in [2.24, 2.45) is 0 Å². The van der Waals surface area contributed by atoms with Crippen molar-refractivity contribution in [3.8, 4) is 5.75 Å². The third-order valence-corrected chi connectivity index (χ3v) is 4.06. The van der Waals surface area contributed by atoms with Crippen LogP contribution in [0.5, 0.6) is 5.75 Å². The molecule has 21 heavy (non-hydrogen) atoms. The van der Waals surface area contributed by atoms with E-state index in [0.29, 0.717) is 0 Å². The molecule has 2 rings (SSSR count).